The van der Waals surface area contributed by atoms with Crippen LogP contribution in [-0.4, -0.2) is 6.66 Å². The lowest BCUT2D eigenvalue weighted by Gasteiger charge is -1.10. The standard InChI is InChI=1S/CH5P.4CH4/c1-2;;;;/h2H2,1H3;4*1H4. The van der Waals surface area contributed by atoms with E-state index in [4.69, 9.17) is 0 Å². The molecule has 0 aliphatic rings. The van der Waals surface area contributed by atoms with E-state index in [1.54, 1.807) is 0 Å². The van der Waals surface area contributed by atoms with E-state index in [9.17, 15) is 0 Å². The molecule has 6 heavy (non-hydrogen) atoms. The second-order valence-electron chi connectivity index (χ2n) is 0. The lowest BCUT2D eigenvalue weighted by atomic mass is 12.0. The Balaban J connectivity index is -0.000000000833. The van der Waals surface area contributed by atoms with Crippen LogP contribution in [0, 0.1) is 0 Å². The van der Waals surface area contributed by atoms with Crippen LogP contribution in [0.3, 0.4) is 0 Å². The lowest BCUT2D eigenvalue weighted by Crippen LogP contribution is -0.804. The topological polar surface area (TPSA) is 0 Å². The number of rotatable bonds is 0. The van der Waals surface area contributed by atoms with Gasteiger partial charge in [0, 0.05) is 0 Å². The summed E-state index contributed by atoms with van der Waals surface area (Å²) < 4.78 is 0. The molecule has 0 radical (unpaired) electrons. The second kappa shape index (κ2) is 576. The Morgan fingerprint density at radius 1 is 0.667 bits per heavy atom. The van der Waals surface area contributed by atoms with Crippen LogP contribution in [0.1, 0.15) is 29.7 Å². The summed E-state index contributed by atoms with van der Waals surface area (Å²) in [6.07, 6.45) is 0. The fourth-order valence-corrected chi connectivity index (χ4v) is 0. The molecule has 0 aromatic heterocycles. The highest BCUT2D eigenvalue weighted by molar-refractivity contribution is 7.15. The van der Waals surface area contributed by atoms with E-state index in [2.05, 4.69) is 9.24 Å². The predicted molar refractivity (Wildman–Crippen MR) is 42.6 cm³/mol. The quantitative estimate of drug-likeness (QED) is 0.422. The van der Waals surface area contributed by atoms with Crippen LogP contribution in [0.2, 0.25) is 0 Å². The summed E-state index contributed by atoms with van der Waals surface area (Å²) in [5.41, 5.74) is 0. The van der Waals surface area contributed by atoms with Crippen LogP contribution in [-0.2, 0) is 0 Å². The van der Waals surface area contributed by atoms with E-state index in [1.807, 2.05) is 6.66 Å². The molecule has 0 aliphatic heterocycles. The molecule has 0 nitrogen and oxygen atoms in total. The van der Waals surface area contributed by atoms with Gasteiger partial charge >= 0.3 is 0 Å². The molecule has 0 aromatic rings. The Morgan fingerprint density at radius 3 is 0.667 bits per heavy atom. The first-order valence-electron chi connectivity index (χ1n) is 0.577. The van der Waals surface area contributed by atoms with Gasteiger partial charge in [0.15, 0.2) is 0 Å². The Morgan fingerprint density at radius 2 is 0.667 bits per heavy atom. The van der Waals surface area contributed by atoms with Gasteiger partial charge < -0.3 is 0 Å². The van der Waals surface area contributed by atoms with Crippen LogP contribution in [0.15, 0.2) is 0 Å². The highest BCUT2D eigenvalue weighted by atomic mass is 31.0. The molecule has 1 heteroatoms. The molecule has 0 saturated carbocycles. The predicted octanol–water partition coefficient (Wildman–Crippen LogP) is 3.04. The fourth-order valence-electron chi connectivity index (χ4n) is 0. The van der Waals surface area contributed by atoms with Crippen molar-refractivity contribution in [2.75, 3.05) is 6.66 Å². The Labute approximate surface area is 46.6 Å². The monoisotopic (exact) mass is 112 g/mol. The van der Waals surface area contributed by atoms with E-state index in [0.717, 1.165) is 0 Å². The molecule has 0 amide bonds. The van der Waals surface area contributed by atoms with Gasteiger partial charge in [-0.3, -0.25) is 0 Å². The maximum atomic E-state index is 2.42. The van der Waals surface area contributed by atoms with Crippen molar-refractivity contribution in [3.63, 3.8) is 0 Å². The zero-order chi connectivity index (χ0) is 2.00. The molecule has 0 N–H and O–H groups in total. The SMILES string of the molecule is C.C.C.C.CP. The number of hydrogen-bond acceptors (Lipinski definition) is 0. The first-order chi connectivity index (χ1) is 1.00. The maximum Gasteiger partial charge on any atom is -0.0500 e. The van der Waals surface area contributed by atoms with Crippen molar-refractivity contribution in [2.24, 2.45) is 0 Å². The van der Waals surface area contributed by atoms with Gasteiger partial charge in [-0.15, -0.1) is 9.24 Å². The molecule has 0 saturated heterocycles. The molecule has 1 atom stereocenters. The van der Waals surface area contributed by atoms with Crippen molar-refractivity contribution in [1.29, 1.82) is 0 Å². The molecular weight excluding hydrogens is 91.0 g/mol. The van der Waals surface area contributed by atoms with Crippen LogP contribution in [0.5, 0.6) is 0 Å². The molecule has 0 rings (SSSR count). The van der Waals surface area contributed by atoms with Crippen molar-refractivity contribution >= 4 is 9.24 Å². The van der Waals surface area contributed by atoms with E-state index >= 15 is 0 Å². The normalized spacial score (nSPS) is 1.00. The van der Waals surface area contributed by atoms with Crippen LogP contribution in [0.25, 0.3) is 0 Å². The average molecular weight is 112 g/mol. The molecule has 0 spiro atoms. The Hall–Kier alpha value is 0.430. The molecular formula is C5H21P. The van der Waals surface area contributed by atoms with Crippen molar-refractivity contribution < 1.29 is 0 Å². The molecule has 0 aromatic carbocycles. The van der Waals surface area contributed by atoms with Gasteiger partial charge in [-0.25, -0.2) is 0 Å². The molecule has 0 heterocycles. The third-order valence-corrected chi connectivity index (χ3v) is 0. The van der Waals surface area contributed by atoms with Gasteiger partial charge in [0.2, 0.25) is 0 Å². The average Bonchev–Trinajstić information content (AvgIpc) is 1.00. The summed E-state index contributed by atoms with van der Waals surface area (Å²) in [4.78, 5) is 0. The maximum absolute atomic E-state index is 2.42. The van der Waals surface area contributed by atoms with Crippen molar-refractivity contribution in [3.05, 3.63) is 0 Å². The third kappa shape index (κ3) is 282. The molecule has 0 bridgehead atoms. The lowest BCUT2D eigenvalue weighted by molar-refractivity contribution is 2.50. The fraction of sp³-hybridized carbons (Fsp3) is 1.00. The first kappa shape index (κ1) is 92.7. The van der Waals surface area contributed by atoms with Gasteiger partial charge in [-0.2, -0.15) is 0 Å². The van der Waals surface area contributed by atoms with Crippen molar-refractivity contribution in [2.45, 2.75) is 29.7 Å². The molecule has 46 valence electrons. The van der Waals surface area contributed by atoms with E-state index < -0.39 is 0 Å². The van der Waals surface area contributed by atoms with E-state index in [1.165, 1.54) is 0 Å². The molecule has 1 unspecified atom stereocenters. The Kier molecular flexibility index (Phi) is 8910. The highest BCUT2D eigenvalue weighted by Crippen LogP contribution is 1.46. The Bertz CT molecular complexity index is 3.90. The minimum Gasteiger partial charge on any atom is -0.141 e. The van der Waals surface area contributed by atoms with Gasteiger partial charge in [-0.1, -0.05) is 36.4 Å². The first-order valence-corrected chi connectivity index (χ1v) is 1.73. The zero-order valence-corrected chi connectivity index (χ0v) is 2.73. The smallest absolute Gasteiger partial charge is 0.0500 e. The van der Waals surface area contributed by atoms with Gasteiger partial charge in [0.25, 0.3) is 0 Å². The van der Waals surface area contributed by atoms with E-state index in [-0.39, 0.29) is 29.7 Å². The van der Waals surface area contributed by atoms with Gasteiger partial charge in [0.05, 0.1) is 0 Å². The summed E-state index contributed by atoms with van der Waals surface area (Å²) in [5.74, 6) is 0. The van der Waals surface area contributed by atoms with Crippen LogP contribution in [0.4, 0.5) is 0 Å². The molecule has 0 aliphatic carbocycles. The summed E-state index contributed by atoms with van der Waals surface area (Å²) in [6, 6.07) is 0. The third-order valence-electron chi connectivity index (χ3n) is 0. The second-order valence-corrected chi connectivity index (χ2v) is 0. The van der Waals surface area contributed by atoms with Gasteiger partial charge in [-0.05, 0) is 0 Å². The summed E-state index contributed by atoms with van der Waals surface area (Å²) in [7, 11) is 2.42. The zero-order valence-electron chi connectivity index (χ0n) is 1.58. The summed E-state index contributed by atoms with van der Waals surface area (Å²) in [6.45, 7) is 1.92. The van der Waals surface area contributed by atoms with Crippen LogP contribution < -0.4 is 0 Å². The minimum absolute atomic E-state index is 0. The minimum atomic E-state index is 0. The number of hydrogen-bond donors (Lipinski definition) is 0. The summed E-state index contributed by atoms with van der Waals surface area (Å²) in [5, 5.41) is 0. The largest absolute Gasteiger partial charge is 0.141 e. The van der Waals surface area contributed by atoms with Crippen LogP contribution >= 0.6 is 9.24 Å². The van der Waals surface area contributed by atoms with Gasteiger partial charge in [0.1, 0.15) is 0 Å². The highest BCUT2D eigenvalue weighted by Gasteiger charge is 0.906. The summed E-state index contributed by atoms with van der Waals surface area (Å²) >= 11 is 0. The van der Waals surface area contributed by atoms with Crippen molar-refractivity contribution in [3.8, 4) is 0 Å². The van der Waals surface area contributed by atoms with E-state index in [0.29, 0.717) is 0 Å². The van der Waals surface area contributed by atoms with Crippen molar-refractivity contribution in [1.82, 2.24) is 0 Å². The molecule has 0 fully saturated rings.